The van der Waals surface area contributed by atoms with Crippen molar-refractivity contribution in [2.24, 2.45) is 0 Å². The van der Waals surface area contributed by atoms with Crippen LogP contribution in [0, 0.1) is 0 Å². The molecule has 0 saturated heterocycles. The third-order valence-electron chi connectivity index (χ3n) is 1.28. The van der Waals surface area contributed by atoms with E-state index in [1.165, 1.54) is 0 Å². The maximum Gasteiger partial charge on any atom is 0.136 e. The zero-order valence-corrected chi connectivity index (χ0v) is 7.59. The topological polar surface area (TPSA) is 43.8 Å². The predicted molar refractivity (Wildman–Crippen MR) is 44.7 cm³/mol. The van der Waals surface area contributed by atoms with E-state index in [4.69, 9.17) is 5.73 Å². The van der Waals surface area contributed by atoms with Crippen LogP contribution in [-0.2, 0) is 0 Å². The number of nitrogen functional groups attached to an aromatic ring is 1. The highest BCUT2D eigenvalue weighted by Gasteiger charge is 2.05. The van der Waals surface area contributed by atoms with E-state index in [2.05, 4.69) is 21.0 Å². The Balaban J connectivity index is 3.05. The molecule has 1 aromatic rings. The molecule has 56 valence electrons. The minimum absolute atomic E-state index is 0.325. The number of nitrogens with two attached hydrogens (primary N) is 1. The highest BCUT2D eigenvalue weighted by Crippen LogP contribution is 2.20. The van der Waals surface area contributed by atoms with Crippen molar-refractivity contribution < 1.29 is 0 Å². The molecule has 3 nitrogen and oxygen atoms in total. The third-order valence-corrected chi connectivity index (χ3v) is 1.89. The van der Waals surface area contributed by atoms with Crippen LogP contribution in [-0.4, -0.2) is 9.78 Å². The van der Waals surface area contributed by atoms with E-state index < -0.39 is 0 Å². The molecule has 0 saturated carbocycles. The van der Waals surface area contributed by atoms with Gasteiger partial charge in [-0.15, -0.1) is 0 Å². The van der Waals surface area contributed by atoms with E-state index in [1.54, 1.807) is 10.9 Å². The number of nitrogens with zero attached hydrogens (tertiary/aromatic N) is 2. The van der Waals surface area contributed by atoms with E-state index in [9.17, 15) is 0 Å². The van der Waals surface area contributed by atoms with Crippen molar-refractivity contribution in [3.05, 3.63) is 10.7 Å². The van der Waals surface area contributed by atoms with Crippen LogP contribution in [0.4, 0.5) is 5.82 Å². The minimum Gasteiger partial charge on any atom is -0.383 e. The van der Waals surface area contributed by atoms with Crippen molar-refractivity contribution >= 4 is 21.7 Å². The zero-order valence-electron chi connectivity index (χ0n) is 6.00. The molecule has 0 fully saturated rings. The standard InChI is InChI=1S/C6H10BrN3/c1-4(2)10-6(8)5(7)3-9-10/h3-4H,8H2,1-2H3. The fourth-order valence-electron chi connectivity index (χ4n) is 0.762. The Morgan fingerprint density at radius 3 is 2.50 bits per heavy atom. The Hall–Kier alpha value is -0.510. The van der Waals surface area contributed by atoms with Gasteiger partial charge in [0, 0.05) is 6.04 Å². The number of aromatic nitrogens is 2. The Morgan fingerprint density at radius 2 is 2.30 bits per heavy atom. The lowest BCUT2D eigenvalue weighted by Crippen LogP contribution is -2.06. The SMILES string of the molecule is CC(C)n1ncc(Br)c1N. The molecule has 0 bridgehead atoms. The number of hydrogen-bond donors (Lipinski definition) is 1. The molecule has 10 heavy (non-hydrogen) atoms. The fourth-order valence-corrected chi connectivity index (χ4v) is 1.04. The predicted octanol–water partition coefficient (Wildman–Crippen LogP) is 1.81. The number of hydrogen-bond acceptors (Lipinski definition) is 2. The molecule has 0 atom stereocenters. The van der Waals surface area contributed by atoms with Gasteiger partial charge in [0.1, 0.15) is 5.82 Å². The van der Waals surface area contributed by atoms with Crippen molar-refractivity contribution in [3.63, 3.8) is 0 Å². The molecule has 0 aliphatic heterocycles. The summed E-state index contributed by atoms with van der Waals surface area (Å²) in [7, 11) is 0. The molecule has 0 spiro atoms. The number of rotatable bonds is 1. The molecule has 0 aliphatic carbocycles. The van der Waals surface area contributed by atoms with E-state index >= 15 is 0 Å². The molecule has 1 aromatic heterocycles. The average molecular weight is 204 g/mol. The van der Waals surface area contributed by atoms with Gasteiger partial charge in [0.25, 0.3) is 0 Å². The van der Waals surface area contributed by atoms with Gasteiger partial charge in [-0.05, 0) is 29.8 Å². The minimum atomic E-state index is 0.325. The van der Waals surface area contributed by atoms with E-state index in [0.29, 0.717) is 11.9 Å². The summed E-state index contributed by atoms with van der Waals surface area (Å²) in [5, 5.41) is 4.06. The molecular weight excluding hydrogens is 194 g/mol. The van der Waals surface area contributed by atoms with Crippen molar-refractivity contribution in [2.75, 3.05) is 5.73 Å². The second-order valence-electron chi connectivity index (χ2n) is 2.42. The summed E-state index contributed by atoms with van der Waals surface area (Å²) in [5.41, 5.74) is 5.66. The van der Waals surface area contributed by atoms with Gasteiger partial charge >= 0.3 is 0 Å². The highest BCUT2D eigenvalue weighted by atomic mass is 79.9. The van der Waals surface area contributed by atoms with Crippen molar-refractivity contribution in [3.8, 4) is 0 Å². The molecule has 2 N–H and O–H groups in total. The van der Waals surface area contributed by atoms with Crippen molar-refractivity contribution in [2.45, 2.75) is 19.9 Å². The van der Waals surface area contributed by atoms with Gasteiger partial charge in [-0.25, -0.2) is 4.68 Å². The summed E-state index contributed by atoms with van der Waals surface area (Å²) >= 11 is 3.28. The Morgan fingerprint density at radius 1 is 1.70 bits per heavy atom. The molecule has 0 amide bonds. The first-order chi connectivity index (χ1) is 4.63. The molecule has 0 aromatic carbocycles. The molecular formula is C6H10BrN3. The molecule has 0 unspecified atom stereocenters. The summed E-state index contributed by atoms with van der Waals surface area (Å²) in [6.07, 6.45) is 1.70. The largest absolute Gasteiger partial charge is 0.383 e. The lowest BCUT2D eigenvalue weighted by molar-refractivity contribution is 0.540. The van der Waals surface area contributed by atoms with Crippen LogP contribution in [0.2, 0.25) is 0 Å². The normalized spacial score (nSPS) is 10.8. The third kappa shape index (κ3) is 1.16. The van der Waals surface area contributed by atoms with Crippen LogP contribution in [0.5, 0.6) is 0 Å². The van der Waals surface area contributed by atoms with E-state index in [1.807, 2.05) is 13.8 Å². The molecule has 1 heterocycles. The van der Waals surface area contributed by atoms with Crippen LogP contribution < -0.4 is 5.73 Å². The van der Waals surface area contributed by atoms with Gasteiger partial charge in [0.15, 0.2) is 0 Å². The van der Waals surface area contributed by atoms with Crippen LogP contribution in [0.15, 0.2) is 10.7 Å². The molecule has 1 rings (SSSR count). The van der Waals surface area contributed by atoms with Crippen LogP contribution in [0.25, 0.3) is 0 Å². The van der Waals surface area contributed by atoms with Gasteiger partial charge in [0.05, 0.1) is 10.7 Å². The van der Waals surface area contributed by atoms with Gasteiger partial charge in [-0.1, -0.05) is 0 Å². The van der Waals surface area contributed by atoms with Crippen LogP contribution >= 0.6 is 15.9 Å². The van der Waals surface area contributed by atoms with Gasteiger partial charge < -0.3 is 5.73 Å². The maximum atomic E-state index is 5.66. The molecule has 0 aliphatic rings. The van der Waals surface area contributed by atoms with Crippen LogP contribution in [0.1, 0.15) is 19.9 Å². The summed E-state index contributed by atoms with van der Waals surface area (Å²) in [6, 6.07) is 0.325. The molecule has 0 radical (unpaired) electrons. The number of anilines is 1. The summed E-state index contributed by atoms with van der Waals surface area (Å²) in [5.74, 6) is 0.690. The van der Waals surface area contributed by atoms with E-state index in [-0.39, 0.29) is 0 Å². The lowest BCUT2D eigenvalue weighted by Gasteiger charge is -2.06. The van der Waals surface area contributed by atoms with Gasteiger partial charge in [0.2, 0.25) is 0 Å². The van der Waals surface area contributed by atoms with Crippen molar-refractivity contribution in [1.82, 2.24) is 9.78 Å². The quantitative estimate of drug-likeness (QED) is 0.757. The first-order valence-corrected chi connectivity index (χ1v) is 3.90. The maximum absolute atomic E-state index is 5.66. The summed E-state index contributed by atoms with van der Waals surface area (Å²) in [4.78, 5) is 0. The van der Waals surface area contributed by atoms with Gasteiger partial charge in [-0.3, -0.25) is 0 Å². The zero-order chi connectivity index (χ0) is 7.72. The highest BCUT2D eigenvalue weighted by molar-refractivity contribution is 9.10. The number of halogens is 1. The Kier molecular flexibility index (Phi) is 1.99. The second kappa shape index (κ2) is 2.62. The Labute approximate surface area is 68.3 Å². The summed E-state index contributed by atoms with van der Waals surface area (Å²) < 4.78 is 2.63. The molecule has 4 heteroatoms. The lowest BCUT2D eigenvalue weighted by atomic mass is 10.4. The first-order valence-electron chi connectivity index (χ1n) is 3.11. The fraction of sp³-hybridized carbons (Fsp3) is 0.500. The Bertz CT molecular complexity index is 229. The average Bonchev–Trinajstić information content (AvgIpc) is 2.14. The van der Waals surface area contributed by atoms with E-state index in [0.717, 1.165) is 4.47 Å². The van der Waals surface area contributed by atoms with Crippen molar-refractivity contribution in [1.29, 1.82) is 0 Å². The van der Waals surface area contributed by atoms with Gasteiger partial charge in [-0.2, -0.15) is 5.10 Å². The first kappa shape index (κ1) is 7.60. The summed E-state index contributed by atoms with van der Waals surface area (Å²) in [6.45, 7) is 4.08. The van der Waals surface area contributed by atoms with Crippen LogP contribution in [0.3, 0.4) is 0 Å². The second-order valence-corrected chi connectivity index (χ2v) is 3.27. The smallest absolute Gasteiger partial charge is 0.136 e. The monoisotopic (exact) mass is 203 g/mol.